The fourth-order valence-corrected chi connectivity index (χ4v) is 3.28. The molecular weight excluding hydrogens is 498 g/mol. The van der Waals surface area contributed by atoms with Crippen molar-refractivity contribution < 1.29 is 24.7 Å². The molecule has 0 spiro atoms. The molecule has 2 aromatic carbocycles. The van der Waals surface area contributed by atoms with E-state index in [-0.39, 0.29) is 18.0 Å². The van der Waals surface area contributed by atoms with E-state index >= 15 is 0 Å². The van der Waals surface area contributed by atoms with Crippen molar-refractivity contribution >= 4 is 23.4 Å². The maximum Gasteiger partial charge on any atom is 0.268 e. The highest BCUT2D eigenvalue weighted by Crippen LogP contribution is 2.09. The van der Waals surface area contributed by atoms with Gasteiger partial charge in [-0.25, -0.2) is 5.48 Å². The Kier molecular flexibility index (Phi) is 10.7. The van der Waals surface area contributed by atoms with Crippen molar-refractivity contribution in [3.63, 3.8) is 0 Å². The van der Waals surface area contributed by atoms with Crippen LogP contribution in [0.5, 0.6) is 0 Å². The maximum absolute atomic E-state index is 12.3. The summed E-state index contributed by atoms with van der Waals surface area (Å²) < 4.78 is 0. The lowest BCUT2D eigenvalue weighted by Gasteiger charge is -2.19. The molecule has 1 aromatic heterocycles. The molecule has 0 aliphatic heterocycles. The molecule has 0 fully saturated rings. The predicted octanol–water partition coefficient (Wildman–Crippen LogP) is 1.20. The Morgan fingerprint density at radius 1 is 0.949 bits per heavy atom. The average Bonchev–Trinajstić information content (AvgIpc) is 2.95. The highest BCUT2D eigenvalue weighted by atomic mass is 16.5. The number of hydrogen-bond donors (Lipinski definition) is 6. The zero-order chi connectivity index (χ0) is 28.0. The second-order valence-corrected chi connectivity index (χ2v) is 8.34. The quantitative estimate of drug-likeness (QED) is 0.139. The van der Waals surface area contributed by atoms with E-state index in [0.29, 0.717) is 17.8 Å². The van der Waals surface area contributed by atoms with Crippen LogP contribution < -0.4 is 21.4 Å². The van der Waals surface area contributed by atoms with Crippen molar-refractivity contribution in [2.75, 3.05) is 11.9 Å². The number of nitrogens with zero attached hydrogens (tertiary/aromatic N) is 1. The number of carbonyl (C=O) groups excluding carboxylic acids is 3. The summed E-state index contributed by atoms with van der Waals surface area (Å²) >= 11 is 0. The van der Waals surface area contributed by atoms with E-state index in [4.69, 9.17) is 5.21 Å². The van der Waals surface area contributed by atoms with Crippen molar-refractivity contribution in [3.8, 4) is 23.7 Å². The summed E-state index contributed by atoms with van der Waals surface area (Å²) in [6, 6.07) is 15.8. The summed E-state index contributed by atoms with van der Waals surface area (Å²) in [4.78, 5) is 40.0. The summed E-state index contributed by atoms with van der Waals surface area (Å²) in [6.45, 7) is 2.03. The van der Waals surface area contributed by atoms with Gasteiger partial charge in [-0.15, -0.1) is 0 Å². The van der Waals surface area contributed by atoms with Crippen molar-refractivity contribution in [2.45, 2.75) is 25.6 Å². The van der Waals surface area contributed by atoms with Crippen LogP contribution in [0, 0.1) is 23.7 Å². The predicted molar refractivity (Wildman–Crippen MR) is 144 cm³/mol. The van der Waals surface area contributed by atoms with Gasteiger partial charge in [-0.1, -0.05) is 17.9 Å². The first-order valence-electron chi connectivity index (χ1n) is 11.9. The first-order chi connectivity index (χ1) is 18.9. The van der Waals surface area contributed by atoms with E-state index < -0.39 is 24.0 Å². The summed E-state index contributed by atoms with van der Waals surface area (Å²) in [7, 11) is 0. The summed E-state index contributed by atoms with van der Waals surface area (Å²) in [6.07, 6.45) is 2.24. The molecule has 0 aliphatic rings. The lowest BCUT2D eigenvalue weighted by molar-refractivity contribution is -0.133. The molecular formula is C29H27N5O5. The fourth-order valence-electron chi connectivity index (χ4n) is 3.28. The van der Waals surface area contributed by atoms with Gasteiger partial charge in [0.1, 0.15) is 6.04 Å². The third-order valence-electron chi connectivity index (χ3n) is 5.29. The average molecular weight is 526 g/mol. The number of rotatable bonds is 9. The smallest absolute Gasteiger partial charge is 0.268 e. The lowest BCUT2D eigenvalue weighted by Crippen LogP contribution is -2.51. The highest BCUT2D eigenvalue weighted by Gasteiger charge is 2.25. The Bertz CT molecular complexity index is 1400. The van der Waals surface area contributed by atoms with Crippen LogP contribution >= 0.6 is 0 Å². The van der Waals surface area contributed by atoms with Crippen LogP contribution in [-0.4, -0.2) is 51.7 Å². The van der Waals surface area contributed by atoms with Gasteiger partial charge < -0.3 is 21.1 Å². The third-order valence-corrected chi connectivity index (χ3v) is 5.29. The zero-order valence-corrected chi connectivity index (χ0v) is 21.1. The van der Waals surface area contributed by atoms with E-state index in [1.54, 1.807) is 48.8 Å². The minimum absolute atomic E-state index is 0.162. The van der Waals surface area contributed by atoms with Crippen LogP contribution in [0.15, 0.2) is 73.1 Å². The largest absolute Gasteiger partial charge is 0.391 e. The molecule has 0 saturated heterocycles. The number of hydrogen-bond acceptors (Lipinski definition) is 7. The number of nitrogens with one attached hydrogen (secondary N) is 4. The summed E-state index contributed by atoms with van der Waals surface area (Å²) in [5, 5.41) is 26.6. The van der Waals surface area contributed by atoms with Gasteiger partial charge in [0.2, 0.25) is 5.91 Å². The number of aromatic nitrogens is 1. The van der Waals surface area contributed by atoms with Crippen molar-refractivity contribution in [1.29, 1.82) is 0 Å². The monoisotopic (exact) mass is 525 g/mol. The van der Waals surface area contributed by atoms with Crippen LogP contribution in [0.25, 0.3) is 0 Å². The van der Waals surface area contributed by atoms with E-state index in [1.165, 1.54) is 24.5 Å². The Morgan fingerprint density at radius 2 is 1.59 bits per heavy atom. The molecule has 6 N–H and O–H groups in total. The molecule has 0 saturated carbocycles. The SMILES string of the molecule is CC(O)C(NC(=O)c1ccc(C#CC#Cc2ccc(NC(=O)CNCc3cccnc3)cc2)cc1)C(=O)NO. The molecule has 39 heavy (non-hydrogen) atoms. The Morgan fingerprint density at radius 3 is 2.15 bits per heavy atom. The molecule has 198 valence electrons. The first-order valence-corrected chi connectivity index (χ1v) is 11.9. The number of amides is 3. The van der Waals surface area contributed by atoms with Crippen LogP contribution in [0.4, 0.5) is 5.69 Å². The maximum atomic E-state index is 12.3. The number of aliphatic hydroxyl groups excluding tert-OH is 1. The summed E-state index contributed by atoms with van der Waals surface area (Å²) in [5.41, 5.74) is 4.65. The molecule has 10 nitrogen and oxygen atoms in total. The Labute approximate surface area is 225 Å². The van der Waals surface area contributed by atoms with Crippen molar-refractivity contribution in [3.05, 3.63) is 95.3 Å². The first kappa shape index (κ1) is 28.6. The molecule has 10 heteroatoms. The van der Waals surface area contributed by atoms with Crippen LogP contribution in [0.1, 0.15) is 34.0 Å². The Hall–Kier alpha value is -5.00. The topological polar surface area (TPSA) is 153 Å². The van der Waals surface area contributed by atoms with Crippen LogP contribution in [0.3, 0.4) is 0 Å². The number of carbonyl (C=O) groups is 3. The second kappa shape index (κ2) is 14.7. The molecule has 1 heterocycles. The van der Waals surface area contributed by atoms with E-state index in [1.807, 2.05) is 12.1 Å². The minimum atomic E-state index is -1.30. The molecule has 3 aromatic rings. The molecule has 0 radical (unpaired) electrons. The standard InChI is InChI=1S/C29H27N5O5/c1-20(35)27(29(38)34-39)33-28(37)24-12-8-21(9-13-24)5-2-3-6-22-10-14-25(15-11-22)32-26(36)19-31-18-23-7-4-16-30-17-23/h4,7-17,20,27,31,35,39H,18-19H2,1H3,(H,32,36)(H,33,37)(H,34,38). The van der Waals surface area contributed by atoms with Gasteiger partial charge in [0.15, 0.2) is 0 Å². The highest BCUT2D eigenvalue weighted by molar-refractivity contribution is 5.97. The van der Waals surface area contributed by atoms with E-state index in [2.05, 4.69) is 44.6 Å². The van der Waals surface area contributed by atoms with Gasteiger partial charge in [-0.3, -0.25) is 24.6 Å². The number of anilines is 1. The van der Waals surface area contributed by atoms with E-state index in [9.17, 15) is 19.5 Å². The van der Waals surface area contributed by atoms with Gasteiger partial charge in [-0.2, -0.15) is 0 Å². The van der Waals surface area contributed by atoms with E-state index in [0.717, 1.165) is 11.1 Å². The van der Waals surface area contributed by atoms with Crippen molar-refractivity contribution in [2.24, 2.45) is 0 Å². The second-order valence-electron chi connectivity index (χ2n) is 8.34. The minimum Gasteiger partial charge on any atom is -0.391 e. The molecule has 3 rings (SSSR count). The molecule has 2 unspecified atom stereocenters. The summed E-state index contributed by atoms with van der Waals surface area (Å²) in [5.74, 6) is 9.62. The molecule has 2 atom stereocenters. The normalized spacial score (nSPS) is 11.5. The van der Waals surface area contributed by atoms with Gasteiger partial charge >= 0.3 is 0 Å². The molecule has 3 amide bonds. The van der Waals surface area contributed by atoms with Crippen LogP contribution in [-0.2, 0) is 16.1 Å². The number of benzene rings is 2. The number of pyridine rings is 1. The fraction of sp³-hybridized carbons (Fsp3) is 0.172. The van der Waals surface area contributed by atoms with Gasteiger partial charge in [0, 0.05) is 41.3 Å². The number of hydroxylamine groups is 1. The number of aliphatic hydroxyl groups is 1. The lowest BCUT2D eigenvalue weighted by atomic mass is 10.1. The van der Waals surface area contributed by atoms with Gasteiger partial charge in [-0.05, 0) is 78.9 Å². The zero-order valence-electron chi connectivity index (χ0n) is 21.1. The third kappa shape index (κ3) is 9.43. The van der Waals surface area contributed by atoms with Gasteiger partial charge in [0.25, 0.3) is 11.8 Å². The van der Waals surface area contributed by atoms with Gasteiger partial charge in [0.05, 0.1) is 12.6 Å². The van der Waals surface area contributed by atoms with Crippen LogP contribution in [0.2, 0.25) is 0 Å². The van der Waals surface area contributed by atoms with Crippen molar-refractivity contribution in [1.82, 2.24) is 21.1 Å². The molecule has 0 bridgehead atoms. The Balaban J connectivity index is 1.48. The molecule has 0 aliphatic carbocycles.